The van der Waals surface area contributed by atoms with Crippen molar-refractivity contribution in [2.45, 2.75) is 59.0 Å². The Bertz CT molecular complexity index is 401. The first-order valence-electron chi connectivity index (χ1n) is 7.97. The fourth-order valence-corrected chi connectivity index (χ4v) is 18.3. The molecule has 0 saturated heterocycles. The van der Waals surface area contributed by atoms with Crippen LogP contribution in [0.1, 0.15) is 19.8 Å². The molecular weight excluding hydrogens is 309 g/mol. The second-order valence-corrected chi connectivity index (χ2v) is 20.0. The monoisotopic (exact) mass is 341 g/mol. The summed E-state index contributed by atoms with van der Waals surface area (Å²) >= 11 is 0. The van der Waals surface area contributed by atoms with Crippen molar-refractivity contribution in [1.29, 1.82) is 0 Å². The average Bonchev–Trinajstić information content (AvgIpc) is 2.33. The van der Waals surface area contributed by atoms with Crippen LogP contribution in [0.5, 0.6) is 5.75 Å². The molecule has 120 valence electrons. The highest BCUT2D eigenvalue weighted by atomic mass is 31.2. The van der Waals surface area contributed by atoms with Crippen molar-refractivity contribution < 1.29 is 4.52 Å². The van der Waals surface area contributed by atoms with Gasteiger partial charge in [-0.1, -0.05) is 70.8 Å². The normalized spacial score (nSPS) is 14.3. The lowest BCUT2D eigenvalue weighted by Crippen LogP contribution is -2.56. The Morgan fingerprint density at radius 2 is 1.48 bits per heavy atom. The molecule has 0 radical (unpaired) electrons. The summed E-state index contributed by atoms with van der Waals surface area (Å²) in [6, 6.07) is 10.4. The highest BCUT2D eigenvalue weighted by Crippen LogP contribution is 2.49. The molecule has 1 atom stereocenters. The number of hydrogen-bond acceptors (Lipinski definition) is 2. The van der Waals surface area contributed by atoms with Crippen LogP contribution in [0.25, 0.3) is 0 Å². The first-order chi connectivity index (χ1) is 9.66. The van der Waals surface area contributed by atoms with E-state index in [0.717, 1.165) is 5.75 Å². The summed E-state index contributed by atoms with van der Waals surface area (Å²) in [6.07, 6.45) is 3.68. The van der Waals surface area contributed by atoms with E-state index in [1.807, 2.05) is 0 Å². The topological polar surface area (TPSA) is 12.5 Å². The fourth-order valence-electron chi connectivity index (χ4n) is 2.76. The van der Waals surface area contributed by atoms with Crippen molar-refractivity contribution in [3.8, 4) is 5.75 Å². The summed E-state index contributed by atoms with van der Waals surface area (Å²) in [6.45, 7) is 17.0. The van der Waals surface area contributed by atoms with E-state index in [0.29, 0.717) is 0 Å². The molecule has 0 aromatic heterocycles. The zero-order valence-electron chi connectivity index (χ0n) is 14.8. The highest BCUT2D eigenvalue weighted by molar-refractivity contribution is 7.55. The largest absolute Gasteiger partial charge is 0.459 e. The summed E-state index contributed by atoms with van der Waals surface area (Å²) in [7, 11) is -3.31. The van der Waals surface area contributed by atoms with Crippen LogP contribution < -0.4 is 4.52 Å². The van der Waals surface area contributed by atoms with Crippen molar-refractivity contribution in [3.63, 3.8) is 0 Å². The average molecular weight is 342 g/mol. The molecule has 1 unspecified atom stereocenters. The molecule has 0 N–H and O–H groups in total. The first kappa shape index (κ1) is 18.9. The number of nitrogens with zero attached hydrogens (tertiary/aromatic N) is 1. The molecule has 1 aromatic carbocycles. The van der Waals surface area contributed by atoms with Crippen LogP contribution in [0.4, 0.5) is 0 Å². The maximum Gasteiger partial charge on any atom is 0.150 e. The summed E-state index contributed by atoms with van der Waals surface area (Å²) < 4.78 is 9.34. The van der Waals surface area contributed by atoms with Crippen LogP contribution in [-0.2, 0) is 0 Å². The predicted molar refractivity (Wildman–Crippen MR) is 102 cm³/mol. The fraction of sp³-hybridized carbons (Fsp3) is 0.625. The minimum atomic E-state index is -1.39. The molecule has 1 aromatic rings. The minimum absolute atomic E-state index is 0.526. The Hall–Kier alpha value is -0.156. The Balaban J connectivity index is 3.03. The zero-order valence-corrected chi connectivity index (χ0v) is 17.7. The predicted octanol–water partition coefficient (Wildman–Crippen LogP) is 6.15. The third-order valence-corrected chi connectivity index (χ3v) is 16.2. The SMILES string of the molecule is CCCCP(Oc1ccccc1)N([Si](C)(C)C)[Si](C)(C)C. The summed E-state index contributed by atoms with van der Waals surface area (Å²) in [5.74, 6) is 1.03. The van der Waals surface area contributed by atoms with Crippen molar-refractivity contribution in [3.05, 3.63) is 30.3 Å². The lowest BCUT2D eigenvalue weighted by molar-refractivity contribution is 0.581. The molecule has 0 spiro atoms. The number of hydrogen-bond donors (Lipinski definition) is 0. The summed E-state index contributed by atoms with van der Waals surface area (Å²) in [4.78, 5) is 0. The Morgan fingerprint density at radius 1 is 0.952 bits per heavy atom. The molecule has 0 bridgehead atoms. The van der Waals surface area contributed by atoms with Gasteiger partial charge in [0.2, 0.25) is 0 Å². The van der Waals surface area contributed by atoms with Gasteiger partial charge in [0.1, 0.15) is 22.2 Å². The van der Waals surface area contributed by atoms with E-state index in [1.54, 1.807) is 0 Å². The summed E-state index contributed by atoms with van der Waals surface area (Å²) in [5, 5.41) is 0. The van der Waals surface area contributed by atoms with Gasteiger partial charge in [0.15, 0.2) is 8.30 Å². The first-order valence-corrected chi connectivity index (χ1v) is 16.3. The number of para-hydroxylation sites is 1. The Morgan fingerprint density at radius 3 is 1.90 bits per heavy atom. The van der Waals surface area contributed by atoms with Gasteiger partial charge in [-0.2, -0.15) is 0 Å². The van der Waals surface area contributed by atoms with Crippen LogP contribution in [0.15, 0.2) is 30.3 Å². The molecule has 0 aliphatic heterocycles. The highest BCUT2D eigenvalue weighted by Gasteiger charge is 2.40. The Labute approximate surface area is 135 Å². The third kappa shape index (κ3) is 6.23. The second-order valence-electron chi connectivity index (χ2n) is 7.49. The van der Waals surface area contributed by atoms with Gasteiger partial charge in [-0.15, -0.1) is 0 Å². The molecular formula is C16H32NOPSi2. The maximum absolute atomic E-state index is 6.49. The molecule has 0 heterocycles. The van der Waals surface area contributed by atoms with E-state index in [1.165, 1.54) is 19.0 Å². The summed E-state index contributed by atoms with van der Waals surface area (Å²) in [5.41, 5.74) is 0. The van der Waals surface area contributed by atoms with Gasteiger partial charge < -0.3 is 4.52 Å². The van der Waals surface area contributed by atoms with Gasteiger partial charge in [0.25, 0.3) is 0 Å². The van der Waals surface area contributed by atoms with Gasteiger partial charge in [0, 0.05) is 6.16 Å². The number of unbranched alkanes of at least 4 members (excludes halogenated alkanes) is 1. The Kier molecular flexibility index (Phi) is 7.12. The van der Waals surface area contributed by atoms with Crippen molar-refractivity contribution >= 4 is 24.8 Å². The lowest BCUT2D eigenvalue weighted by atomic mass is 10.3. The molecule has 0 amide bonds. The van der Waals surface area contributed by atoms with Gasteiger partial charge in [-0.3, -0.25) is 4.00 Å². The van der Waals surface area contributed by atoms with Crippen molar-refractivity contribution in [1.82, 2.24) is 4.00 Å². The quantitative estimate of drug-likeness (QED) is 0.415. The smallest absolute Gasteiger partial charge is 0.150 e. The maximum atomic E-state index is 6.49. The zero-order chi connectivity index (χ0) is 16.1. The molecule has 5 heteroatoms. The molecule has 0 aliphatic carbocycles. The molecule has 21 heavy (non-hydrogen) atoms. The molecule has 0 aliphatic rings. The van der Waals surface area contributed by atoms with E-state index >= 15 is 0 Å². The molecule has 1 rings (SSSR count). The van der Waals surface area contributed by atoms with Crippen LogP contribution >= 0.6 is 8.30 Å². The minimum Gasteiger partial charge on any atom is -0.459 e. The van der Waals surface area contributed by atoms with E-state index < -0.39 is 24.8 Å². The number of rotatable bonds is 8. The number of benzene rings is 1. The third-order valence-electron chi connectivity index (χ3n) is 3.15. The van der Waals surface area contributed by atoms with Gasteiger partial charge >= 0.3 is 0 Å². The van der Waals surface area contributed by atoms with Crippen LogP contribution in [0.2, 0.25) is 39.3 Å². The second kappa shape index (κ2) is 7.91. The van der Waals surface area contributed by atoms with Gasteiger partial charge in [-0.25, -0.2) is 0 Å². The van der Waals surface area contributed by atoms with E-state index in [-0.39, 0.29) is 0 Å². The molecule has 0 fully saturated rings. The van der Waals surface area contributed by atoms with E-state index in [4.69, 9.17) is 4.52 Å². The van der Waals surface area contributed by atoms with Crippen LogP contribution in [-0.4, -0.2) is 26.6 Å². The van der Waals surface area contributed by atoms with Crippen molar-refractivity contribution in [2.24, 2.45) is 0 Å². The van der Waals surface area contributed by atoms with E-state index in [2.05, 4.69) is 80.5 Å². The molecule has 2 nitrogen and oxygen atoms in total. The molecule has 0 saturated carbocycles. The van der Waals surface area contributed by atoms with Crippen LogP contribution in [0, 0.1) is 0 Å². The van der Waals surface area contributed by atoms with E-state index in [9.17, 15) is 0 Å². The standard InChI is InChI=1S/C16H32NOPSi2/c1-8-9-15-19(18-16-13-11-10-12-14-16)17(20(2,3)4)21(5,6)7/h10-14H,8-9,15H2,1-7H3. The van der Waals surface area contributed by atoms with Gasteiger partial charge in [-0.05, 0) is 18.6 Å². The van der Waals surface area contributed by atoms with Gasteiger partial charge in [0.05, 0.1) is 0 Å². The lowest BCUT2D eigenvalue weighted by Gasteiger charge is -2.47. The van der Waals surface area contributed by atoms with Crippen molar-refractivity contribution in [2.75, 3.05) is 6.16 Å². The van der Waals surface area contributed by atoms with Crippen LogP contribution in [0.3, 0.4) is 0 Å².